The van der Waals surface area contributed by atoms with E-state index in [2.05, 4.69) is 20.3 Å². The summed E-state index contributed by atoms with van der Waals surface area (Å²) in [5, 5.41) is 24.2. The van der Waals surface area contributed by atoms with Crippen LogP contribution >= 0.6 is 26.8 Å². The lowest BCUT2D eigenvalue weighted by Crippen LogP contribution is -2.38. The number of aliphatic hydroxyl groups is 2. The molecule has 6 N–H and O–H groups in total. The van der Waals surface area contributed by atoms with Crippen molar-refractivity contribution in [1.82, 2.24) is 19.5 Å². The number of hydrogen-bond donors (Lipinski definition) is 6. The number of nitrogens with one attached hydrogen (secondary N) is 1. The first-order valence-electron chi connectivity index (χ1n) is 10.6. The third kappa shape index (κ3) is 6.12. The maximum atomic E-state index is 12.1. The molecule has 36 heavy (non-hydrogen) atoms. The van der Waals surface area contributed by atoms with Crippen LogP contribution in [-0.4, -0.2) is 74.7 Å². The summed E-state index contributed by atoms with van der Waals surface area (Å²) in [6.45, 7) is 1.69. The minimum atomic E-state index is -4.85. The SMILES string of the molecule is CC(OP(=O)(O)CP(=O)(O)O)[C@H]1O[C@@H](n2cnc3c(NCc4ccccc4)nc(Cl)nc32)[C@H](O)C1O. The fourth-order valence-corrected chi connectivity index (χ4v) is 6.80. The maximum Gasteiger partial charge on any atom is 0.340 e. The largest absolute Gasteiger partial charge is 0.387 e. The molecular weight excluding hydrogens is 540 g/mol. The van der Waals surface area contributed by atoms with Gasteiger partial charge in [0.15, 0.2) is 29.1 Å². The summed E-state index contributed by atoms with van der Waals surface area (Å²) >= 11 is 6.11. The third-order valence-electron chi connectivity index (χ3n) is 5.40. The van der Waals surface area contributed by atoms with Gasteiger partial charge in [-0.3, -0.25) is 13.7 Å². The molecule has 0 amide bonds. The standard InChI is InChI=1S/C19H24ClN5O9P2/c1-10(34-36(31,32)9-35(28,29)30)15-13(26)14(27)18(33-15)25-8-22-12-16(23-19(20)24-17(12)25)21-7-11-5-3-2-4-6-11/h2-6,8,10,13-15,18,26-27H,7,9H2,1H3,(H,31,32)(H,21,23,24)(H2,28,29,30)/t10?,13?,14-,15-,18-/m1/s1. The van der Waals surface area contributed by atoms with Crippen molar-refractivity contribution in [2.75, 3.05) is 11.2 Å². The van der Waals surface area contributed by atoms with E-state index in [0.29, 0.717) is 17.9 Å². The number of benzene rings is 1. The lowest BCUT2D eigenvalue weighted by Gasteiger charge is -2.24. The molecule has 2 aromatic heterocycles. The van der Waals surface area contributed by atoms with E-state index in [-0.39, 0.29) is 10.9 Å². The topological polar surface area (TPSA) is 209 Å². The molecule has 1 saturated heterocycles. The van der Waals surface area contributed by atoms with Crippen LogP contribution in [0.4, 0.5) is 5.82 Å². The van der Waals surface area contributed by atoms with Crippen molar-refractivity contribution in [3.05, 3.63) is 47.5 Å². The second-order valence-electron chi connectivity index (χ2n) is 8.23. The summed E-state index contributed by atoms with van der Waals surface area (Å²) in [6, 6.07) is 9.51. The predicted molar refractivity (Wildman–Crippen MR) is 127 cm³/mol. The molecule has 1 aromatic carbocycles. The van der Waals surface area contributed by atoms with Gasteiger partial charge in [0.1, 0.15) is 18.3 Å². The Labute approximate surface area is 209 Å². The molecule has 0 spiro atoms. The molecule has 3 unspecified atom stereocenters. The fraction of sp³-hybridized carbons (Fsp3) is 0.421. The van der Waals surface area contributed by atoms with Gasteiger partial charge in [-0.25, -0.2) is 4.98 Å². The number of rotatable bonds is 9. The molecule has 3 aromatic rings. The highest BCUT2D eigenvalue weighted by Gasteiger charge is 2.48. The molecule has 1 aliphatic heterocycles. The van der Waals surface area contributed by atoms with Crippen molar-refractivity contribution in [2.45, 2.75) is 44.1 Å². The average Bonchev–Trinajstić information content (AvgIpc) is 3.31. The second-order valence-corrected chi connectivity index (χ2v) is 12.5. The molecule has 1 aliphatic rings. The molecule has 14 nitrogen and oxygen atoms in total. The third-order valence-corrected chi connectivity index (χ3v) is 9.14. The predicted octanol–water partition coefficient (Wildman–Crippen LogP) is 1.44. The van der Waals surface area contributed by atoms with Crippen LogP contribution in [0.3, 0.4) is 0 Å². The van der Waals surface area contributed by atoms with Crippen molar-refractivity contribution >= 4 is 43.8 Å². The van der Waals surface area contributed by atoms with E-state index in [1.54, 1.807) is 0 Å². The summed E-state index contributed by atoms with van der Waals surface area (Å²) in [4.78, 5) is 40.4. The molecule has 0 bridgehead atoms. The zero-order valence-corrected chi connectivity index (χ0v) is 21.2. The van der Waals surface area contributed by atoms with E-state index >= 15 is 0 Å². The number of hydrogen-bond acceptors (Lipinski definition) is 10. The van der Waals surface area contributed by atoms with Gasteiger partial charge in [0, 0.05) is 6.54 Å². The van der Waals surface area contributed by atoms with Crippen molar-refractivity contribution in [1.29, 1.82) is 0 Å². The first-order chi connectivity index (χ1) is 16.8. The van der Waals surface area contributed by atoms with Gasteiger partial charge in [0.25, 0.3) is 0 Å². The number of nitrogens with zero attached hydrogens (tertiary/aromatic N) is 4. The number of fused-ring (bicyclic) bond motifs is 1. The molecule has 0 aliphatic carbocycles. The van der Waals surface area contributed by atoms with E-state index in [0.717, 1.165) is 5.56 Å². The monoisotopic (exact) mass is 563 g/mol. The van der Waals surface area contributed by atoms with Gasteiger partial charge >= 0.3 is 15.2 Å². The summed E-state index contributed by atoms with van der Waals surface area (Å²) in [7, 11) is -9.59. The summed E-state index contributed by atoms with van der Waals surface area (Å²) in [5.74, 6) is -1.08. The normalized spacial score (nSPS) is 25.1. The van der Waals surface area contributed by atoms with Crippen molar-refractivity contribution in [2.24, 2.45) is 0 Å². The highest BCUT2D eigenvalue weighted by Crippen LogP contribution is 2.56. The van der Waals surface area contributed by atoms with Crippen LogP contribution in [0, 0.1) is 0 Å². The quantitative estimate of drug-likeness (QED) is 0.161. The van der Waals surface area contributed by atoms with Crippen LogP contribution in [-0.2, 0) is 24.9 Å². The first-order valence-corrected chi connectivity index (χ1v) is 14.5. The van der Waals surface area contributed by atoms with E-state index in [1.807, 2.05) is 30.3 Å². The minimum Gasteiger partial charge on any atom is -0.387 e. The number of imidazole rings is 1. The Morgan fingerprint density at radius 2 is 1.86 bits per heavy atom. The Balaban J connectivity index is 1.56. The fourth-order valence-electron chi connectivity index (χ4n) is 3.87. The van der Waals surface area contributed by atoms with Crippen LogP contribution in [0.1, 0.15) is 18.7 Å². The highest BCUT2D eigenvalue weighted by atomic mass is 35.5. The Morgan fingerprint density at radius 3 is 2.53 bits per heavy atom. The smallest absolute Gasteiger partial charge is 0.340 e. The number of anilines is 1. The highest BCUT2D eigenvalue weighted by molar-refractivity contribution is 7.70. The van der Waals surface area contributed by atoms with Gasteiger partial charge in [0.05, 0.1) is 12.4 Å². The van der Waals surface area contributed by atoms with E-state index in [4.69, 9.17) is 30.6 Å². The van der Waals surface area contributed by atoms with Crippen LogP contribution in [0.2, 0.25) is 5.28 Å². The number of aromatic nitrogens is 4. The van der Waals surface area contributed by atoms with Gasteiger partial charge in [-0.15, -0.1) is 0 Å². The average molecular weight is 564 g/mol. The van der Waals surface area contributed by atoms with E-state index in [1.165, 1.54) is 17.8 Å². The number of aliphatic hydroxyl groups excluding tert-OH is 2. The van der Waals surface area contributed by atoms with Crippen LogP contribution in [0.5, 0.6) is 0 Å². The number of ether oxygens (including phenoxy) is 1. The van der Waals surface area contributed by atoms with Crippen LogP contribution in [0.15, 0.2) is 36.7 Å². The number of halogens is 1. The van der Waals surface area contributed by atoms with Crippen LogP contribution < -0.4 is 5.32 Å². The lowest BCUT2D eigenvalue weighted by molar-refractivity contribution is -0.0723. The van der Waals surface area contributed by atoms with Gasteiger partial charge in [-0.1, -0.05) is 30.3 Å². The Morgan fingerprint density at radius 1 is 1.17 bits per heavy atom. The Hall–Kier alpha value is -1.96. The van der Waals surface area contributed by atoms with Crippen molar-refractivity contribution in [3.8, 4) is 0 Å². The van der Waals surface area contributed by atoms with Crippen LogP contribution in [0.25, 0.3) is 11.2 Å². The summed E-state index contributed by atoms with van der Waals surface area (Å²) < 4.78 is 35.2. The molecule has 6 atom stereocenters. The molecule has 196 valence electrons. The molecule has 0 saturated carbocycles. The van der Waals surface area contributed by atoms with E-state index < -0.39 is 51.7 Å². The summed E-state index contributed by atoms with van der Waals surface area (Å²) in [5.41, 5.74) is 1.48. The van der Waals surface area contributed by atoms with E-state index in [9.17, 15) is 24.2 Å². The molecular formula is C19H24ClN5O9P2. The Kier molecular flexibility index (Phi) is 7.84. The Bertz CT molecular complexity index is 1320. The van der Waals surface area contributed by atoms with Crippen molar-refractivity contribution < 1.29 is 43.3 Å². The first kappa shape index (κ1) is 27.1. The summed E-state index contributed by atoms with van der Waals surface area (Å²) in [6.07, 6.45) is -5.69. The van der Waals surface area contributed by atoms with Gasteiger partial charge in [-0.05, 0) is 24.1 Å². The second kappa shape index (κ2) is 10.4. The maximum absolute atomic E-state index is 12.1. The molecule has 17 heteroatoms. The zero-order chi connectivity index (χ0) is 26.3. The molecule has 0 radical (unpaired) electrons. The van der Waals surface area contributed by atoms with Crippen molar-refractivity contribution in [3.63, 3.8) is 0 Å². The minimum absolute atomic E-state index is 0.111. The molecule has 1 fully saturated rings. The van der Waals surface area contributed by atoms with Gasteiger partial charge in [0.2, 0.25) is 5.28 Å². The van der Waals surface area contributed by atoms with Gasteiger partial charge in [-0.2, -0.15) is 9.97 Å². The van der Waals surface area contributed by atoms with Gasteiger partial charge < -0.3 is 39.5 Å². The zero-order valence-electron chi connectivity index (χ0n) is 18.7. The molecule has 4 rings (SSSR count). The lowest BCUT2D eigenvalue weighted by atomic mass is 10.1. The molecule has 3 heterocycles.